The zero-order chi connectivity index (χ0) is 13.4. The monoisotopic (exact) mass is 335 g/mol. The second-order valence-electron chi connectivity index (χ2n) is 4.27. The number of benzene rings is 2. The molecule has 96 valence electrons. The van der Waals surface area contributed by atoms with Crippen molar-refractivity contribution < 1.29 is 4.74 Å². The van der Waals surface area contributed by atoms with E-state index in [0.717, 1.165) is 37.4 Å². The van der Waals surface area contributed by atoms with Gasteiger partial charge in [0, 0.05) is 26.1 Å². The lowest BCUT2D eigenvalue weighted by atomic mass is 10.1. The second kappa shape index (κ2) is 4.91. The van der Waals surface area contributed by atoms with E-state index in [1.165, 1.54) is 0 Å². The molecule has 0 spiro atoms. The van der Waals surface area contributed by atoms with E-state index in [9.17, 15) is 0 Å². The first-order chi connectivity index (χ1) is 9.17. The van der Waals surface area contributed by atoms with Gasteiger partial charge in [-0.05, 0) is 46.3 Å². The van der Waals surface area contributed by atoms with E-state index in [1.807, 2.05) is 36.4 Å². The van der Waals surface area contributed by atoms with Gasteiger partial charge in [0.2, 0.25) is 0 Å². The molecule has 3 aromatic rings. The maximum atomic E-state index is 6.06. The van der Waals surface area contributed by atoms with Crippen molar-refractivity contribution in [1.82, 2.24) is 4.98 Å². The summed E-state index contributed by atoms with van der Waals surface area (Å²) in [7, 11) is 1.67. The number of aromatic nitrogens is 1. The maximum absolute atomic E-state index is 6.06. The fourth-order valence-electron chi connectivity index (χ4n) is 2.11. The van der Waals surface area contributed by atoms with Crippen molar-refractivity contribution in [1.29, 1.82) is 0 Å². The van der Waals surface area contributed by atoms with E-state index in [4.69, 9.17) is 16.3 Å². The van der Waals surface area contributed by atoms with Crippen molar-refractivity contribution in [2.75, 3.05) is 7.11 Å². The standard InChI is InChI=1S/C15H11BrClNO/c1-19-12-4-2-3-9(6-12)14-7-10-5-11(17)8-13(16)15(10)18-14/h2-8,18H,1H3. The van der Waals surface area contributed by atoms with Crippen LogP contribution in [0.1, 0.15) is 0 Å². The third-order valence-electron chi connectivity index (χ3n) is 3.03. The Hall–Kier alpha value is -1.45. The van der Waals surface area contributed by atoms with Gasteiger partial charge in [0.1, 0.15) is 5.75 Å². The Morgan fingerprint density at radius 2 is 2.00 bits per heavy atom. The molecular weight excluding hydrogens is 326 g/mol. The fourth-order valence-corrected chi connectivity index (χ4v) is 3.04. The number of hydrogen-bond acceptors (Lipinski definition) is 1. The van der Waals surface area contributed by atoms with Crippen molar-refractivity contribution >= 4 is 38.4 Å². The zero-order valence-corrected chi connectivity index (χ0v) is 12.5. The summed E-state index contributed by atoms with van der Waals surface area (Å²) in [6.45, 7) is 0. The molecule has 1 aromatic heterocycles. The van der Waals surface area contributed by atoms with Crippen LogP contribution in [-0.4, -0.2) is 12.1 Å². The summed E-state index contributed by atoms with van der Waals surface area (Å²) in [5.41, 5.74) is 3.16. The quantitative estimate of drug-likeness (QED) is 0.678. The average molecular weight is 337 g/mol. The molecule has 0 radical (unpaired) electrons. The Kier molecular flexibility index (Phi) is 3.25. The molecular formula is C15H11BrClNO. The number of fused-ring (bicyclic) bond motifs is 1. The van der Waals surface area contributed by atoms with Crippen LogP contribution in [0.2, 0.25) is 5.02 Å². The Labute approximate surface area is 124 Å². The van der Waals surface area contributed by atoms with Crippen molar-refractivity contribution in [2.45, 2.75) is 0 Å². The second-order valence-corrected chi connectivity index (χ2v) is 5.56. The number of nitrogens with one attached hydrogen (secondary N) is 1. The molecule has 0 amide bonds. The molecule has 0 atom stereocenters. The Morgan fingerprint density at radius 3 is 2.79 bits per heavy atom. The highest BCUT2D eigenvalue weighted by molar-refractivity contribution is 9.10. The first-order valence-corrected chi connectivity index (χ1v) is 6.96. The lowest BCUT2D eigenvalue weighted by molar-refractivity contribution is 0.415. The molecule has 0 saturated heterocycles. The smallest absolute Gasteiger partial charge is 0.119 e. The average Bonchev–Trinajstić information content (AvgIpc) is 2.83. The fraction of sp³-hybridized carbons (Fsp3) is 0.0667. The molecule has 1 N–H and O–H groups in total. The molecule has 0 unspecified atom stereocenters. The third-order valence-corrected chi connectivity index (χ3v) is 3.87. The number of rotatable bonds is 2. The van der Waals surface area contributed by atoms with Crippen LogP contribution in [0.5, 0.6) is 5.75 Å². The lowest BCUT2D eigenvalue weighted by Crippen LogP contribution is -1.83. The topological polar surface area (TPSA) is 25.0 Å². The highest BCUT2D eigenvalue weighted by Crippen LogP contribution is 2.32. The minimum absolute atomic E-state index is 0.718. The molecule has 0 aliphatic rings. The van der Waals surface area contributed by atoms with Crippen LogP contribution in [0.4, 0.5) is 0 Å². The summed E-state index contributed by atoms with van der Waals surface area (Å²) in [5.74, 6) is 0.841. The van der Waals surface area contributed by atoms with E-state index in [1.54, 1.807) is 7.11 Å². The summed E-state index contributed by atoms with van der Waals surface area (Å²) in [6.07, 6.45) is 0. The molecule has 19 heavy (non-hydrogen) atoms. The number of hydrogen-bond donors (Lipinski definition) is 1. The Morgan fingerprint density at radius 1 is 1.16 bits per heavy atom. The molecule has 2 nitrogen and oxygen atoms in total. The summed E-state index contributed by atoms with van der Waals surface area (Å²) in [5, 5.41) is 1.80. The van der Waals surface area contributed by atoms with Gasteiger partial charge in [-0.1, -0.05) is 23.7 Å². The molecule has 0 aliphatic heterocycles. The highest BCUT2D eigenvalue weighted by atomic mass is 79.9. The lowest BCUT2D eigenvalue weighted by Gasteiger charge is -2.02. The highest BCUT2D eigenvalue weighted by Gasteiger charge is 2.08. The van der Waals surface area contributed by atoms with E-state index in [-0.39, 0.29) is 0 Å². The predicted molar refractivity (Wildman–Crippen MR) is 83.0 cm³/mol. The van der Waals surface area contributed by atoms with E-state index < -0.39 is 0 Å². The van der Waals surface area contributed by atoms with Crippen LogP contribution in [0.25, 0.3) is 22.2 Å². The van der Waals surface area contributed by atoms with Gasteiger partial charge in [0.05, 0.1) is 12.6 Å². The van der Waals surface area contributed by atoms with Gasteiger partial charge in [-0.25, -0.2) is 0 Å². The first kappa shape index (κ1) is 12.6. The van der Waals surface area contributed by atoms with Crippen LogP contribution >= 0.6 is 27.5 Å². The Balaban J connectivity index is 2.17. The predicted octanol–water partition coefficient (Wildman–Crippen LogP) is 5.26. The SMILES string of the molecule is COc1cccc(-c2cc3cc(Cl)cc(Br)c3[nH]2)c1. The van der Waals surface area contributed by atoms with Gasteiger partial charge in [-0.3, -0.25) is 0 Å². The largest absolute Gasteiger partial charge is 0.497 e. The van der Waals surface area contributed by atoms with Crippen molar-refractivity contribution in [3.05, 3.63) is 52.0 Å². The summed E-state index contributed by atoms with van der Waals surface area (Å²) in [6, 6.07) is 13.9. The number of methoxy groups -OCH3 is 1. The van der Waals surface area contributed by atoms with E-state index in [2.05, 4.69) is 27.0 Å². The van der Waals surface area contributed by atoms with E-state index in [0.29, 0.717) is 0 Å². The first-order valence-electron chi connectivity index (χ1n) is 5.79. The van der Waals surface area contributed by atoms with E-state index >= 15 is 0 Å². The van der Waals surface area contributed by atoms with Gasteiger partial charge in [0.15, 0.2) is 0 Å². The number of H-pyrrole nitrogens is 1. The number of aromatic amines is 1. The van der Waals surface area contributed by atoms with Gasteiger partial charge in [-0.15, -0.1) is 0 Å². The maximum Gasteiger partial charge on any atom is 0.119 e. The molecule has 1 heterocycles. The molecule has 4 heteroatoms. The normalized spacial score (nSPS) is 10.9. The van der Waals surface area contributed by atoms with Crippen molar-refractivity contribution in [2.24, 2.45) is 0 Å². The van der Waals surface area contributed by atoms with Crippen LogP contribution in [0, 0.1) is 0 Å². The van der Waals surface area contributed by atoms with Gasteiger partial charge in [0.25, 0.3) is 0 Å². The molecule has 0 saturated carbocycles. The molecule has 2 aromatic carbocycles. The van der Waals surface area contributed by atoms with Crippen LogP contribution in [0.15, 0.2) is 46.9 Å². The van der Waals surface area contributed by atoms with Crippen LogP contribution in [-0.2, 0) is 0 Å². The summed E-state index contributed by atoms with van der Waals surface area (Å²) in [4.78, 5) is 3.40. The number of halogens is 2. The van der Waals surface area contributed by atoms with Crippen LogP contribution < -0.4 is 4.74 Å². The van der Waals surface area contributed by atoms with Crippen molar-refractivity contribution in [3.8, 4) is 17.0 Å². The number of ether oxygens (including phenoxy) is 1. The van der Waals surface area contributed by atoms with Crippen molar-refractivity contribution in [3.63, 3.8) is 0 Å². The van der Waals surface area contributed by atoms with Gasteiger partial charge >= 0.3 is 0 Å². The minimum atomic E-state index is 0.718. The third kappa shape index (κ3) is 2.36. The van der Waals surface area contributed by atoms with Crippen LogP contribution in [0.3, 0.4) is 0 Å². The zero-order valence-electron chi connectivity index (χ0n) is 10.2. The van der Waals surface area contributed by atoms with Gasteiger partial charge < -0.3 is 9.72 Å². The van der Waals surface area contributed by atoms with Gasteiger partial charge in [-0.2, -0.15) is 0 Å². The summed E-state index contributed by atoms with van der Waals surface area (Å²) >= 11 is 9.58. The molecule has 0 aliphatic carbocycles. The Bertz CT molecular complexity index is 751. The molecule has 0 bridgehead atoms. The molecule has 0 fully saturated rings. The minimum Gasteiger partial charge on any atom is -0.497 e. The summed E-state index contributed by atoms with van der Waals surface area (Å²) < 4.78 is 6.21. The molecule has 3 rings (SSSR count).